The molecule has 0 amide bonds. The molecule has 0 radical (unpaired) electrons. The topological polar surface area (TPSA) is 65.9 Å². The van der Waals surface area contributed by atoms with E-state index in [1.807, 2.05) is 24.3 Å². The third-order valence-corrected chi connectivity index (χ3v) is 4.16. The largest absolute Gasteiger partial charge is 0.371 e. The van der Waals surface area contributed by atoms with E-state index >= 15 is 0 Å². The van der Waals surface area contributed by atoms with Gasteiger partial charge in [0.1, 0.15) is 6.07 Å². The summed E-state index contributed by atoms with van der Waals surface area (Å²) in [5.74, 6) is 0.647. The maximum atomic E-state index is 9.19. The summed E-state index contributed by atoms with van der Waals surface area (Å²) in [5, 5.41) is 10.3. The Kier molecular flexibility index (Phi) is 3.53. The molecule has 102 valence electrons. The van der Waals surface area contributed by atoms with Crippen LogP contribution in [0.25, 0.3) is 10.9 Å². The number of pyridine rings is 1. The van der Waals surface area contributed by atoms with Crippen molar-refractivity contribution < 1.29 is 0 Å². The van der Waals surface area contributed by atoms with E-state index < -0.39 is 0 Å². The molecule has 1 saturated heterocycles. The minimum absolute atomic E-state index is 0.640. The smallest absolute Gasteiger partial charge is 0.101 e. The molecule has 3 rings (SSSR count). The second kappa shape index (κ2) is 5.48. The number of hydrogen-bond acceptors (Lipinski definition) is 4. The van der Waals surface area contributed by atoms with Gasteiger partial charge in [0.05, 0.1) is 11.1 Å². The summed E-state index contributed by atoms with van der Waals surface area (Å²) in [4.78, 5) is 6.76. The Balaban J connectivity index is 1.99. The van der Waals surface area contributed by atoms with Crippen molar-refractivity contribution in [3.8, 4) is 6.07 Å². The number of hydrogen-bond donors (Lipinski definition) is 1. The Morgan fingerprint density at radius 2 is 2.10 bits per heavy atom. The van der Waals surface area contributed by atoms with Crippen LogP contribution in [0, 0.1) is 17.2 Å². The maximum Gasteiger partial charge on any atom is 0.101 e. The second-order valence-corrected chi connectivity index (χ2v) is 5.31. The summed E-state index contributed by atoms with van der Waals surface area (Å²) >= 11 is 0. The summed E-state index contributed by atoms with van der Waals surface area (Å²) in [5.41, 5.74) is 8.37. The van der Waals surface area contributed by atoms with Gasteiger partial charge in [-0.15, -0.1) is 0 Å². The number of piperidine rings is 1. The van der Waals surface area contributed by atoms with Crippen molar-refractivity contribution in [3.63, 3.8) is 0 Å². The molecule has 1 aliphatic heterocycles. The summed E-state index contributed by atoms with van der Waals surface area (Å²) in [6.07, 6.45) is 4.02. The van der Waals surface area contributed by atoms with Crippen LogP contribution in [0.3, 0.4) is 0 Å². The molecule has 0 bridgehead atoms. The number of anilines is 1. The molecule has 0 atom stereocenters. The Bertz CT molecular complexity index is 651. The predicted molar refractivity (Wildman–Crippen MR) is 80.4 cm³/mol. The van der Waals surface area contributed by atoms with Crippen LogP contribution < -0.4 is 10.6 Å². The molecular formula is C16H18N4. The fourth-order valence-corrected chi connectivity index (χ4v) is 2.93. The van der Waals surface area contributed by atoms with E-state index in [1.54, 1.807) is 6.20 Å². The molecule has 2 N–H and O–H groups in total. The first-order valence-electron chi connectivity index (χ1n) is 7.06. The highest BCUT2D eigenvalue weighted by atomic mass is 15.1. The molecule has 1 aliphatic rings. The van der Waals surface area contributed by atoms with Crippen molar-refractivity contribution in [2.75, 3.05) is 24.5 Å². The van der Waals surface area contributed by atoms with Gasteiger partial charge in [-0.2, -0.15) is 5.26 Å². The molecule has 2 heterocycles. The van der Waals surface area contributed by atoms with Crippen LogP contribution >= 0.6 is 0 Å². The third-order valence-electron chi connectivity index (χ3n) is 4.16. The first kappa shape index (κ1) is 12.9. The predicted octanol–water partition coefficient (Wildman–Crippen LogP) is 2.28. The first-order valence-corrected chi connectivity index (χ1v) is 7.06. The number of fused-ring (bicyclic) bond motifs is 1. The Labute approximate surface area is 118 Å². The lowest BCUT2D eigenvalue weighted by molar-refractivity contribution is 0.415. The average molecular weight is 266 g/mol. The molecule has 4 heteroatoms. The van der Waals surface area contributed by atoms with Gasteiger partial charge in [-0.3, -0.25) is 4.98 Å². The molecule has 1 aromatic heterocycles. The van der Waals surface area contributed by atoms with Crippen molar-refractivity contribution >= 4 is 16.6 Å². The van der Waals surface area contributed by atoms with E-state index in [0.717, 1.165) is 43.4 Å². The fourth-order valence-electron chi connectivity index (χ4n) is 2.93. The van der Waals surface area contributed by atoms with Gasteiger partial charge in [0.25, 0.3) is 0 Å². The molecule has 1 fully saturated rings. The minimum Gasteiger partial charge on any atom is -0.371 e. The summed E-state index contributed by atoms with van der Waals surface area (Å²) in [7, 11) is 0. The van der Waals surface area contributed by atoms with E-state index in [-0.39, 0.29) is 0 Å². The number of nitrogens with two attached hydrogens (primary N) is 1. The zero-order valence-corrected chi connectivity index (χ0v) is 11.4. The lowest BCUT2D eigenvalue weighted by atomic mass is 9.96. The molecule has 0 spiro atoms. The third kappa shape index (κ3) is 2.21. The van der Waals surface area contributed by atoms with Crippen molar-refractivity contribution in [2.24, 2.45) is 11.7 Å². The zero-order valence-electron chi connectivity index (χ0n) is 11.4. The van der Waals surface area contributed by atoms with Crippen molar-refractivity contribution in [1.82, 2.24) is 4.98 Å². The fraction of sp³-hybridized carbons (Fsp3) is 0.375. The number of nitrogens with zero attached hydrogens (tertiary/aromatic N) is 3. The van der Waals surface area contributed by atoms with Gasteiger partial charge in [-0.1, -0.05) is 0 Å². The van der Waals surface area contributed by atoms with E-state index in [4.69, 9.17) is 5.73 Å². The van der Waals surface area contributed by atoms with Gasteiger partial charge in [0.2, 0.25) is 0 Å². The van der Waals surface area contributed by atoms with Crippen LogP contribution in [-0.2, 0) is 0 Å². The van der Waals surface area contributed by atoms with Crippen LogP contribution in [0.15, 0.2) is 30.5 Å². The Morgan fingerprint density at radius 3 is 2.80 bits per heavy atom. The summed E-state index contributed by atoms with van der Waals surface area (Å²) in [6, 6.07) is 10.1. The van der Waals surface area contributed by atoms with Crippen LogP contribution in [0.5, 0.6) is 0 Å². The molecular weight excluding hydrogens is 248 g/mol. The molecule has 0 unspecified atom stereocenters. The lowest BCUT2D eigenvalue weighted by Crippen LogP contribution is -2.36. The first-order chi connectivity index (χ1) is 9.83. The SMILES string of the molecule is N#Cc1ccc(N2CCC(CN)CC2)c2cccnc12. The summed E-state index contributed by atoms with van der Waals surface area (Å²) < 4.78 is 0. The number of aromatic nitrogens is 1. The molecule has 4 nitrogen and oxygen atoms in total. The second-order valence-electron chi connectivity index (χ2n) is 5.31. The zero-order chi connectivity index (χ0) is 13.9. The normalized spacial score (nSPS) is 16.3. The van der Waals surface area contributed by atoms with Crippen LogP contribution in [0.1, 0.15) is 18.4 Å². The lowest BCUT2D eigenvalue weighted by Gasteiger charge is -2.33. The van der Waals surface area contributed by atoms with Gasteiger partial charge >= 0.3 is 0 Å². The van der Waals surface area contributed by atoms with E-state index in [0.29, 0.717) is 11.5 Å². The van der Waals surface area contributed by atoms with Gasteiger partial charge in [-0.25, -0.2) is 0 Å². The summed E-state index contributed by atoms with van der Waals surface area (Å²) in [6.45, 7) is 2.83. The quantitative estimate of drug-likeness (QED) is 0.905. The molecule has 2 aromatic rings. The van der Waals surface area contributed by atoms with Crippen molar-refractivity contribution in [3.05, 3.63) is 36.0 Å². The highest BCUT2D eigenvalue weighted by molar-refractivity contribution is 5.95. The van der Waals surface area contributed by atoms with Crippen LogP contribution in [-0.4, -0.2) is 24.6 Å². The van der Waals surface area contributed by atoms with E-state index in [9.17, 15) is 5.26 Å². The highest BCUT2D eigenvalue weighted by Crippen LogP contribution is 2.30. The monoisotopic (exact) mass is 266 g/mol. The Morgan fingerprint density at radius 1 is 1.30 bits per heavy atom. The van der Waals surface area contributed by atoms with Crippen LogP contribution in [0.4, 0.5) is 5.69 Å². The standard InChI is InChI=1S/C16H18N4/c17-10-12-5-8-20(9-6-12)15-4-3-13(11-18)16-14(15)2-1-7-19-16/h1-4,7,12H,5-6,8-10,17H2. The molecule has 0 aliphatic carbocycles. The number of benzene rings is 1. The minimum atomic E-state index is 0.640. The van der Waals surface area contributed by atoms with Gasteiger partial charge in [0, 0.05) is 30.4 Å². The van der Waals surface area contributed by atoms with Crippen LogP contribution in [0.2, 0.25) is 0 Å². The van der Waals surface area contributed by atoms with E-state index in [1.165, 1.54) is 5.69 Å². The maximum absolute atomic E-state index is 9.19. The Hall–Kier alpha value is -2.12. The highest BCUT2D eigenvalue weighted by Gasteiger charge is 2.20. The van der Waals surface area contributed by atoms with Gasteiger partial charge in [-0.05, 0) is 49.6 Å². The average Bonchev–Trinajstić information content (AvgIpc) is 2.54. The van der Waals surface area contributed by atoms with E-state index in [2.05, 4.69) is 16.0 Å². The van der Waals surface area contributed by atoms with Gasteiger partial charge < -0.3 is 10.6 Å². The molecule has 20 heavy (non-hydrogen) atoms. The van der Waals surface area contributed by atoms with Crippen molar-refractivity contribution in [2.45, 2.75) is 12.8 Å². The number of nitriles is 1. The molecule has 0 saturated carbocycles. The molecule has 1 aromatic carbocycles. The van der Waals surface area contributed by atoms with Gasteiger partial charge in [0.15, 0.2) is 0 Å². The van der Waals surface area contributed by atoms with Crippen molar-refractivity contribution in [1.29, 1.82) is 5.26 Å². The number of rotatable bonds is 2.